The van der Waals surface area contributed by atoms with Crippen LogP contribution in [0.15, 0.2) is 24.3 Å². The Morgan fingerprint density at radius 3 is 2.60 bits per heavy atom. The van der Waals surface area contributed by atoms with E-state index in [0.717, 1.165) is 31.9 Å². The summed E-state index contributed by atoms with van der Waals surface area (Å²) in [5, 5.41) is 10.1. The fourth-order valence-corrected chi connectivity index (χ4v) is 3.69. The van der Waals surface area contributed by atoms with E-state index in [4.69, 9.17) is 10.5 Å². The van der Waals surface area contributed by atoms with Gasteiger partial charge in [-0.05, 0) is 19.1 Å². The van der Waals surface area contributed by atoms with Crippen LogP contribution < -0.4 is 10.5 Å². The van der Waals surface area contributed by atoms with Gasteiger partial charge in [0.1, 0.15) is 10.8 Å². The van der Waals surface area contributed by atoms with Crippen molar-refractivity contribution in [3.05, 3.63) is 30.0 Å². The van der Waals surface area contributed by atoms with E-state index in [0.29, 0.717) is 5.13 Å². The summed E-state index contributed by atoms with van der Waals surface area (Å²) in [6, 6.07) is 7.83. The molecule has 0 spiro atoms. The maximum atomic E-state index is 5.64. The van der Waals surface area contributed by atoms with Crippen molar-refractivity contribution in [3.63, 3.8) is 0 Å². The van der Waals surface area contributed by atoms with Crippen LogP contribution in [0.1, 0.15) is 5.69 Å². The highest BCUT2D eigenvalue weighted by atomic mass is 32.1. The van der Waals surface area contributed by atoms with Crippen molar-refractivity contribution in [2.75, 3.05) is 12.8 Å². The van der Waals surface area contributed by atoms with Gasteiger partial charge in [0.25, 0.3) is 0 Å². The summed E-state index contributed by atoms with van der Waals surface area (Å²) in [5.41, 5.74) is 7.54. The third kappa shape index (κ3) is 2.25. The molecule has 0 saturated carbocycles. The average Bonchev–Trinajstić information content (AvgIpc) is 3.04. The molecule has 2 N–H and O–H groups in total. The number of benzene rings is 1. The molecule has 7 heteroatoms. The van der Waals surface area contributed by atoms with Crippen molar-refractivity contribution in [1.29, 1.82) is 0 Å². The van der Waals surface area contributed by atoms with Crippen molar-refractivity contribution >= 4 is 27.8 Å². The van der Waals surface area contributed by atoms with Crippen LogP contribution in [0.4, 0.5) is 5.13 Å². The predicted molar refractivity (Wildman–Crippen MR) is 82.2 cm³/mol. The number of anilines is 1. The first kappa shape index (κ1) is 13.0. The van der Waals surface area contributed by atoms with Gasteiger partial charge < -0.3 is 10.5 Å². The predicted octanol–water partition coefficient (Wildman–Crippen LogP) is 3.23. The molecule has 2 heterocycles. The Morgan fingerprint density at radius 1 is 1.10 bits per heavy atom. The number of nitrogens with zero attached hydrogens (tertiary/aromatic N) is 3. The third-order valence-electron chi connectivity index (χ3n) is 2.77. The topological polar surface area (TPSA) is 73.9 Å². The number of nitrogens with two attached hydrogens (primary N) is 1. The van der Waals surface area contributed by atoms with E-state index in [1.165, 1.54) is 11.3 Å². The summed E-state index contributed by atoms with van der Waals surface area (Å²) in [7, 11) is 1.66. The minimum Gasteiger partial charge on any atom is -0.496 e. The van der Waals surface area contributed by atoms with Gasteiger partial charge in [-0.15, -0.1) is 21.5 Å². The molecule has 3 aromatic rings. The van der Waals surface area contributed by atoms with E-state index < -0.39 is 0 Å². The van der Waals surface area contributed by atoms with Crippen LogP contribution in [-0.4, -0.2) is 22.3 Å². The van der Waals surface area contributed by atoms with Crippen molar-refractivity contribution in [3.8, 4) is 26.2 Å². The van der Waals surface area contributed by atoms with E-state index in [1.807, 2.05) is 31.2 Å². The van der Waals surface area contributed by atoms with Crippen molar-refractivity contribution in [1.82, 2.24) is 15.2 Å². The van der Waals surface area contributed by atoms with Gasteiger partial charge in [-0.25, -0.2) is 4.98 Å². The molecule has 0 radical (unpaired) electrons. The van der Waals surface area contributed by atoms with Crippen molar-refractivity contribution in [2.24, 2.45) is 0 Å². The minimum atomic E-state index is 0.464. The minimum absolute atomic E-state index is 0.464. The van der Waals surface area contributed by atoms with Gasteiger partial charge in [0, 0.05) is 0 Å². The second-order valence-corrected chi connectivity index (χ2v) is 6.09. The number of hydrogen-bond donors (Lipinski definition) is 1. The molecule has 0 aliphatic heterocycles. The number of para-hydroxylation sites is 1. The van der Waals surface area contributed by atoms with Gasteiger partial charge in [-0.2, -0.15) is 0 Å². The zero-order chi connectivity index (χ0) is 14.1. The lowest BCUT2D eigenvalue weighted by atomic mass is 10.2. The fraction of sp³-hybridized carbons (Fsp3) is 0.154. The second kappa shape index (κ2) is 5.18. The lowest BCUT2D eigenvalue weighted by molar-refractivity contribution is 0.416. The van der Waals surface area contributed by atoms with Gasteiger partial charge in [0.05, 0.1) is 23.2 Å². The molecule has 20 heavy (non-hydrogen) atoms. The molecule has 0 unspecified atom stereocenters. The van der Waals surface area contributed by atoms with Crippen LogP contribution in [0, 0.1) is 6.92 Å². The fourth-order valence-electron chi connectivity index (χ4n) is 1.86. The quantitative estimate of drug-likeness (QED) is 0.804. The number of methoxy groups -OCH3 is 1. The Kier molecular flexibility index (Phi) is 3.37. The summed E-state index contributed by atoms with van der Waals surface area (Å²) in [6.45, 7) is 1.96. The molecular weight excluding hydrogens is 292 g/mol. The number of nitrogen functional groups attached to an aromatic ring is 1. The maximum absolute atomic E-state index is 5.64. The highest BCUT2D eigenvalue weighted by Gasteiger charge is 2.16. The molecule has 0 bridgehead atoms. The Morgan fingerprint density at radius 2 is 1.90 bits per heavy atom. The lowest BCUT2D eigenvalue weighted by Crippen LogP contribution is -1.86. The van der Waals surface area contributed by atoms with Gasteiger partial charge in [-0.3, -0.25) is 0 Å². The van der Waals surface area contributed by atoms with Crippen LogP contribution >= 0.6 is 22.7 Å². The monoisotopic (exact) mass is 304 g/mol. The van der Waals surface area contributed by atoms with E-state index in [9.17, 15) is 0 Å². The number of hydrogen-bond acceptors (Lipinski definition) is 7. The van der Waals surface area contributed by atoms with Crippen LogP contribution in [0.5, 0.6) is 5.75 Å². The summed E-state index contributed by atoms with van der Waals surface area (Å²) in [6.07, 6.45) is 0. The Balaban J connectivity index is 2.09. The van der Waals surface area contributed by atoms with Crippen LogP contribution in [-0.2, 0) is 0 Å². The first-order valence-corrected chi connectivity index (χ1v) is 7.52. The molecule has 0 atom stereocenters. The maximum Gasteiger partial charge on any atom is 0.203 e. The second-order valence-electron chi connectivity index (χ2n) is 4.08. The molecular formula is C13H12N4OS2. The Labute approximate surface area is 124 Å². The zero-order valence-electron chi connectivity index (χ0n) is 11.0. The summed E-state index contributed by atoms with van der Waals surface area (Å²) >= 11 is 2.94. The Bertz CT molecular complexity index is 750. The molecule has 0 saturated heterocycles. The van der Waals surface area contributed by atoms with Crippen LogP contribution in [0.25, 0.3) is 20.5 Å². The highest BCUT2D eigenvalue weighted by Crippen LogP contribution is 2.39. The smallest absolute Gasteiger partial charge is 0.203 e. The standard InChI is InChI=1S/C13H12N4OS2/c1-7-10(12-16-17-13(14)20-12)19-11(15-7)8-5-3-4-6-9(8)18-2/h3-6H,1-2H3,(H2,14,17). The van der Waals surface area contributed by atoms with Crippen LogP contribution in [0.3, 0.4) is 0 Å². The molecule has 5 nitrogen and oxygen atoms in total. The average molecular weight is 304 g/mol. The molecule has 0 amide bonds. The number of ether oxygens (including phenoxy) is 1. The molecule has 0 aliphatic carbocycles. The third-order valence-corrected chi connectivity index (χ3v) is 4.87. The molecule has 0 fully saturated rings. The van der Waals surface area contributed by atoms with Crippen LogP contribution in [0.2, 0.25) is 0 Å². The number of aryl methyl sites for hydroxylation is 1. The molecule has 102 valence electrons. The molecule has 3 rings (SSSR count). The number of aromatic nitrogens is 3. The Hall–Kier alpha value is -1.99. The van der Waals surface area contributed by atoms with Gasteiger partial charge in [0.2, 0.25) is 5.13 Å². The van der Waals surface area contributed by atoms with Gasteiger partial charge in [-0.1, -0.05) is 23.5 Å². The number of rotatable bonds is 3. The largest absolute Gasteiger partial charge is 0.496 e. The van der Waals surface area contributed by atoms with Gasteiger partial charge >= 0.3 is 0 Å². The van der Waals surface area contributed by atoms with E-state index >= 15 is 0 Å². The molecule has 0 aliphatic rings. The van der Waals surface area contributed by atoms with E-state index in [1.54, 1.807) is 18.4 Å². The lowest BCUT2D eigenvalue weighted by Gasteiger charge is -2.04. The van der Waals surface area contributed by atoms with Crippen molar-refractivity contribution in [2.45, 2.75) is 6.92 Å². The molecule has 1 aromatic carbocycles. The van der Waals surface area contributed by atoms with Crippen molar-refractivity contribution < 1.29 is 4.74 Å². The normalized spacial score (nSPS) is 10.7. The van der Waals surface area contributed by atoms with Gasteiger partial charge in [0.15, 0.2) is 5.01 Å². The first-order valence-electron chi connectivity index (χ1n) is 5.89. The highest BCUT2D eigenvalue weighted by molar-refractivity contribution is 7.24. The van der Waals surface area contributed by atoms with E-state index in [2.05, 4.69) is 15.2 Å². The van der Waals surface area contributed by atoms with E-state index in [-0.39, 0.29) is 0 Å². The summed E-state index contributed by atoms with van der Waals surface area (Å²) in [5.74, 6) is 0.810. The summed E-state index contributed by atoms with van der Waals surface area (Å²) in [4.78, 5) is 5.61. The number of thiazole rings is 1. The summed E-state index contributed by atoms with van der Waals surface area (Å²) < 4.78 is 5.38. The zero-order valence-corrected chi connectivity index (χ0v) is 12.6. The molecule has 2 aromatic heterocycles. The first-order chi connectivity index (χ1) is 9.69. The SMILES string of the molecule is COc1ccccc1-c1nc(C)c(-c2nnc(N)s2)s1.